The molecular weight excluding hydrogens is 491 g/mol. The minimum Gasteiger partial charge on any atom is -0.497 e. The Balaban J connectivity index is 1.72. The van der Waals surface area contributed by atoms with Crippen molar-refractivity contribution in [1.29, 1.82) is 0 Å². The predicted octanol–water partition coefficient (Wildman–Crippen LogP) is 6.69. The SMILES string of the molecule is CCOC(=O)Cc1ccc(OC)cc1OCc1c(-c2ccc(F)cc2)oc2ccc(Br)cc12. The molecule has 0 unspecified atom stereocenters. The van der Waals surface area contributed by atoms with Crippen LogP contribution in [-0.2, 0) is 22.6 Å². The Labute approximate surface area is 199 Å². The van der Waals surface area contributed by atoms with Crippen molar-refractivity contribution >= 4 is 32.9 Å². The van der Waals surface area contributed by atoms with E-state index in [4.69, 9.17) is 18.6 Å². The highest BCUT2D eigenvalue weighted by atomic mass is 79.9. The number of furan rings is 1. The molecule has 5 nitrogen and oxygen atoms in total. The predicted molar refractivity (Wildman–Crippen MR) is 127 cm³/mol. The average molecular weight is 513 g/mol. The standard InChI is InChI=1S/C26H22BrFO5/c1-3-31-25(29)12-17-6-10-20(30-2)14-24(17)32-15-22-21-13-18(27)7-11-23(21)33-26(22)16-4-8-19(28)9-5-16/h4-11,13-14H,3,12,15H2,1-2H3. The summed E-state index contributed by atoms with van der Waals surface area (Å²) in [5.41, 5.74) is 2.92. The van der Waals surface area contributed by atoms with Gasteiger partial charge in [-0.15, -0.1) is 0 Å². The molecule has 0 saturated carbocycles. The third-order valence-electron chi connectivity index (χ3n) is 5.15. The van der Waals surface area contributed by atoms with Gasteiger partial charge in [0.2, 0.25) is 0 Å². The van der Waals surface area contributed by atoms with Gasteiger partial charge in [-0.3, -0.25) is 4.79 Å². The van der Waals surface area contributed by atoms with Crippen LogP contribution in [0.4, 0.5) is 4.39 Å². The summed E-state index contributed by atoms with van der Waals surface area (Å²) >= 11 is 3.51. The Morgan fingerprint density at radius 1 is 1.06 bits per heavy atom. The Bertz CT molecular complexity index is 1280. The van der Waals surface area contributed by atoms with Crippen molar-refractivity contribution in [1.82, 2.24) is 0 Å². The van der Waals surface area contributed by atoms with Crippen molar-refractivity contribution in [2.24, 2.45) is 0 Å². The zero-order valence-electron chi connectivity index (χ0n) is 18.2. The number of methoxy groups -OCH3 is 1. The van der Waals surface area contributed by atoms with Gasteiger partial charge >= 0.3 is 5.97 Å². The van der Waals surface area contributed by atoms with Gasteiger partial charge in [-0.2, -0.15) is 0 Å². The third-order valence-corrected chi connectivity index (χ3v) is 5.64. The molecule has 0 bridgehead atoms. The van der Waals surface area contributed by atoms with Gasteiger partial charge in [0, 0.05) is 32.6 Å². The highest BCUT2D eigenvalue weighted by Gasteiger charge is 2.19. The van der Waals surface area contributed by atoms with Crippen LogP contribution in [0.3, 0.4) is 0 Å². The first-order chi connectivity index (χ1) is 16.0. The molecular formula is C26H22BrFO5. The van der Waals surface area contributed by atoms with Crippen molar-refractivity contribution < 1.29 is 27.8 Å². The maximum absolute atomic E-state index is 13.5. The highest BCUT2D eigenvalue weighted by molar-refractivity contribution is 9.10. The molecule has 0 spiro atoms. The summed E-state index contributed by atoms with van der Waals surface area (Å²) in [5, 5.41) is 0.874. The van der Waals surface area contributed by atoms with E-state index < -0.39 is 0 Å². The van der Waals surface area contributed by atoms with E-state index in [1.807, 2.05) is 18.2 Å². The molecule has 0 atom stereocenters. The van der Waals surface area contributed by atoms with E-state index in [-0.39, 0.29) is 24.8 Å². The summed E-state index contributed by atoms with van der Waals surface area (Å²) in [4.78, 5) is 12.1. The summed E-state index contributed by atoms with van der Waals surface area (Å²) in [6.07, 6.45) is 0.0790. The lowest BCUT2D eigenvalue weighted by atomic mass is 10.1. The number of carbonyl (C=O) groups excluding carboxylic acids is 1. The number of esters is 1. The van der Waals surface area contributed by atoms with Gasteiger partial charge < -0.3 is 18.6 Å². The van der Waals surface area contributed by atoms with Crippen LogP contribution in [0.15, 0.2) is 69.6 Å². The van der Waals surface area contributed by atoms with Crippen LogP contribution in [0.2, 0.25) is 0 Å². The normalized spacial score (nSPS) is 10.9. The van der Waals surface area contributed by atoms with Crippen molar-refractivity contribution in [3.05, 3.63) is 82.1 Å². The summed E-state index contributed by atoms with van der Waals surface area (Å²) < 4.78 is 37.1. The Kier molecular flexibility index (Phi) is 6.99. The fourth-order valence-corrected chi connectivity index (χ4v) is 3.92. The minimum atomic E-state index is -0.336. The fourth-order valence-electron chi connectivity index (χ4n) is 3.56. The van der Waals surface area contributed by atoms with Crippen LogP contribution < -0.4 is 9.47 Å². The van der Waals surface area contributed by atoms with E-state index in [1.165, 1.54) is 12.1 Å². The van der Waals surface area contributed by atoms with Crippen LogP contribution in [0.25, 0.3) is 22.3 Å². The van der Waals surface area contributed by atoms with Crippen molar-refractivity contribution in [3.8, 4) is 22.8 Å². The lowest BCUT2D eigenvalue weighted by molar-refractivity contribution is -0.142. The number of benzene rings is 3. The molecule has 0 fully saturated rings. The quantitative estimate of drug-likeness (QED) is 0.246. The molecule has 4 aromatic rings. The highest BCUT2D eigenvalue weighted by Crippen LogP contribution is 2.36. The van der Waals surface area contributed by atoms with Gasteiger partial charge in [-0.25, -0.2) is 4.39 Å². The van der Waals surface area contributed by atoms with Crippen LogP contribution in [-0.4, -0.2) is 19.7 Å². The van der Waals surface area contributed by atoms with Gasteiger partial charge in [0.05, 0.1) is 20.1 Å². The minimum absolute atomic E-state index is 0.0790. The first-order valence-corrected chi connectivity index (χ1v) is 11.2. The second-order valence-electron chi connectivity index (χ2n) is 7.30. The molecule has 170 valence electrons. The van der Waals surface area contributed by atoms with Crippen LogP contribution in [0, 0.1) is 5.82 Å². The van der Waals surface area contributed by atoms with Crippen LogP contribution in [0.5, 0.6) is 11.5 Å². The molecule has 4 rings (SSSR count). The summed E-state index contributed by atoms with van der Waals surface area (Å²) in [6, 6.07) is 17.1. The third kappa shape index (κ3) is 5.20. The molecule has 0 N–H and O–H groups in total. The van der Waals surface area contributed by atoms with Crippen molar-refractivity contribution in [2.45, 2.75) is 20.0 Å². The fraction of sp³-hybridized carbons (Fsp3) is 0.192. The molecule has 0 amide bonds. The van der Waals surface area contributed by atoms with Gasteiger partial charge in [0.1, 0.15) is 35.3 Å². The molecule has 0 saturated heterocycles. The lowest BCUT2D eigenvalue weighted by Crippen LogP contribution is -2.09. The monoisotopic (exact) mass is 512 g/mol. The molecule has 0 aliphatic carbocycles. The molecule has 1 heterocycles. The Morgan fingerprint density at radius 2 is 1.85 bits per heavy atom. The number of carbonyl (C=O) groups is 1. The van der Waals surface area contributed by atoms with Crippen LogP contribution >= 0.6 is 15.9 Å². The number of rotatable bonds is 8. The zero-order valence-corrected chi connectivity index (χ0v) is 19.8. The van der Waals surface area contributed by atoms with Crippen LogP contribution in [0.1, 0.15) is 18.1 Å². The number of halogens is 2. The first kappa shape index (κ1) is 22.9. The largest absolute Gasteiger partial charge is 0.497 e. The molecule has 7 heteroatoms. The van der Waals surface area contributed by atoms with Crippen molar-refractivity contribution in [2.75, 3.05) is 13.7 Å². The summed E-state index contributed by atoms with van der Waals surface area (Å²) in [6.45, 7) is 2.24. The van der Waals surface area contributed by atoms with E-state index >= 15 is 0 Å². The molecule has 0 radical (unpaired) electrons. The zero-order chi connectivity index (χ0) is 23.4. The Hall–Kier alpha value is -3.32. The number of hydrogen-bond donors (Lipinski definition) is 0. The van der Waals surface area contributed by atoms with Gasteiger partial charge in [0.15, 0.2) is 0 Å². The van der Waals surface area contributed by atoms with Gasteiger partial charge in [-0.1, -0.05) is 22.0 Å². The maximum atomic E-state index is 13.5. The average Bonchev–Trinajstić information content (AvgIpc) is 3.16. The van der Waals surface area contributed by atoms with E-state index in [9.17, 15) is 9.18 Å². The van der Waals surface area contributed by atoms with E-state index in [0.717, 1.165) is 21.0 Å². The molecule has 3 aromatic carbocycles. The number of fused-ring (bicyclic) bond motifs is 1. The second-order valence-corrected chi connectivity index (χ2v) is 8.22. The lowest BCUT2D eigenvalue weighted by Gasteiger charge is -2.13. The van der Waals surface area contributed by atoms with Gasteiger partial charge in [-0.05, 0) is 55.5 Å². The molecule has 1 aromatic heterocycles. The van der Waals surface area contributed by atoms with E-state index in [0.29, 0.717) is 35.0 Å². The van der Waals surface area contributed by atoms with Gasteiger partial charge in [0.25, 0.3) is 0 Å². The topological polar surface area (TPSA) is 57.9 Å². The summed E-state index contributed by atoms with van der Waals surface area (Å²) in [5.74, 6) is 1.05. The molecule has 0 aliphatic rings. The first-order valence-electron chi connectivity index (χ1n) is 10.4. The van der Waals surface area contributed by atoms with E-state index in [1.54, 1.807) is 44.4 Å². The summed E-state index contributed by atoms with van der Waals surface area (Å²) in [7, 11) is 1.57. The number of hydrogen-bond acceptors (Lipinski definition) is 5. The Morgan fingerprint density at radius 3 is 2.58 bits per heavy atom. The van der Waals surface area contributed by atoms with Crippen molar-refractivity contribution in [3.63, 3.8) is 0 Å². The second kappa shape index (κ2) is 10.1. The molecule has 0 aliphatic heterocycles. The molecule has 33 heavy (non-hydrogen) atoms. The number of ether oxygens (including phenoxy) is 3. The van der Waals surface area contributed by atoms with E-state index in [2.05, 4.69) is 15.9 Å². The maximum Gasteiger partial charge on any atom is 0.310 e. The smallest absolute Gasteiger partial charge is 0.310 e.